The van der Waals surface area contributed by atoms with Crippen molar-refractivity contribution in [1.29, 1.82) is 0 Å². The molecule has 134 valence electrons. The zero-order valence-corrected chi connectivity index (χ0v) is 13.3. The molecule has 0 radical (unpaired) electrons. The fraction of sp³-hybridized carbons (Fsp3) is 0.600. The number of amides is 1. The van der Waals surface area contributed by atoms with Crippen molar-refractivity contribution in [3.05, 3.63) is 24.0 Å². The van der Waals surface area contributed by atoms with E-state index in [1.54, 1.807) is 0 Å². The fourth-order valence-corrected chi connectivity index (χ4v) is 3.17. The second kappa shape index (κ2) is 6.21. The van der Waals surface area contributed by atoms with E-state index in [9.17, 15) is 23.1 Å². The summed E-state index contributed by atoms with van der Waals surface area (Å²) >= 11 is 0. The lowest BCUT2D eigenvalue weighted by molar-refractivity contribution is -0.189. The van der Waals surface area contributed by atoms with Crippen LogP contribution in [0.3, 0.4) is 0 Å². The highest BCUT2D eigenvalue weighted by Gasteiger charge is 2.64. The molecule has 2 rings (SSSR count). The van der Waals surface area contributed by atoms with Crippen molar-refractivity contribution in [3.8, 4) is 0 Å². The molecule has 2 heterocycles. The van der Waals surface area contributed by atoms with Crippen LogP contribution in [0.25, 0.3) is 0 Å². The van der Waals surface area contributed by atoms with Crippen LogP contribution in [0, 0.1) is 5.92 Å². The number of rotatable bonds is 4. The van der Waals surface area contributed by atoms with Crippen LogP contribution in [0.2, 0.25) is 0 Å². The molecule has 24 heavy (non-hydrogen) atoms. The lowest BCUT2D eigenvalue weighted by atomic mass is 9.87. The number of pyridine rings is 1. The maximum absolute atomic E-state index is 13.7. The van der Waals surface area contributed by atoms with Gasteiger partial charge in [0.2, 0.25) is 5.91 Å². The van der Waals surface area contributed by atoms with Gasteiger partial charge in [-0.2, -0.15) is 13.2 Å². The van der Waals surface area contributed by atoms with Gasteiger partial charge in [0.25, 0.3) is 0 Å². The Morgan fingerprint density at radius 2 is 2.17 bits per heavy atom. The Bertz CT molecular complexity index is 608. The minimum absolute atomic E-state index is 0.0215. The van der Waals surface area contributed by atoms with Crippen molar-refractivity contribution in [1.82, 2.24) is 4.98 Å². The molecule has 4 N–H and O–H groups in total. The number of carbonyl (C=O) groups is 1. The summed E-state index contributed by atoms with van der Waals surface area (Å²) in [7, 11) is 0. The number of halogens is 3. The first-order valence-electron chi connectivity index (χ1n) is 7.44. The van der Waals surface area contributed by atoms with Crippen LogP contribution in [0.5, 0.6) is 0 Å². The van der Waals surface area contributed by atoms with Crippen LogP contribution in [-0.2, 0) is 4.79 Å². The number of carbonyl (C=O) groups excluding carboxylic acids is 1. The quantitative estimate of drug-likeness (QED) is 0.758. The number of primary amides is 1. The molecule has 0 aliphatic carbocycles. The van der Waals surface area contributed by atoms with Crippen LogP contribution in [0.15, 0.2) is 18.3 Å². The Hall–Kier alpha value is -1.87. The predicted molar refractivity (Wildman–Crippen MR) is 80.0 cm³/mol. The minimum atomic E-state index is -4.58. The molecule has 1 aliphatic heterocycles. The van der Waals surface area contributed by atoms with E-state index in [1.165, 1.54) is 19.1 Å². The van der Waals surface area contributed by atoms with Crippen molar-refractivity contribution in [2.45, 2.75) is 44.1 Å². The number of aromatic nitrogens is 1. The van der Waals surface area contributed by atoms with E-state index in [4.69, 9.17) is 10.8 Å². The van der Waals surface area contributed by atoms with E-state index in [0.717, 1.165) is 18.0 Å². The van der Waals surface area contributed by atoms with Gasteiger partial charge in [-0.3, -0.25) is 9.78 Å². The average Bonchev–Trinajstić information content (AvgIpc) is 2.80. The molecule has 1 fully saturated rings. The summed E-state index contributed by atoms with van der Waals surface area (Å²) in [5.41, 5.74) is 3.24. The van der Waals surface area contributed by atoms with Gasteiger partial charge < -0.3 is 20.8 Å². The lowest BCUT2D eigenvalue weighted by Gasteiger charge is -2.42. The van der Waals surface area contributed by atoms with Crippen molar-refractivity contribution < 1.29 is 28.2 Å². The number of aliphatic hydroxyl groups excluding tert-OH is 2. The van der Waals surface area contributed by atoms with Gasteiger partial charge in [-0.25, -0.2) is 0 Å². The number of aliphatic hydroxyl groups is 2. The van der Waals surface area contributed by atoms with E-state index < -0.39 is 42.3 Å². The fourth-order valence-electron chi connectivity index (χ4n) is 3.17. The van der Waals surface area contributed by atoms with Crippen LogP contribution in [0.4, 0.5) is 18.9 Å². The van der Waals surface area contributed by atoms with Gasteiger partial charge in [0, 0.05) is 0 Å². The van der Waals surface area contributed by atoms with Crippen LogP contribution >= 0.6 is 0 Å². The molecule has 1 aromatic rings. The monoisotopic (exact) mass is 347 g/mol. The van der Waals surface area contributed by atoms with E-state index in [2.05, 4.69) is 4.98 Å². The number of nitrogens with zero attached hydrogens (tertiary/aromatic N) is 2. The standard InChI is InChI=1S/C15H20F3N3O3/c1-8-5-11(13(19)24)21(14(8,2)15(16,17)18)9-3-4-10(20-6-9)12(23)7-22/h3-4,6,8,11-12,22-23H,5,7H2,1-2H3,(H2,19,24)/t8?,11?,12-,14?/m1/s1. The van der Waals surface area contributed by atoms with Gasteiger partial charge in [0.05, 0.1) is 24.2 Å². The number of nitrogens with two attached hydrogens (primary N) is 1. The highest BCUT2D eigenvalue weighted by molar-refractivity contribution is 5.85. The Morgan fingerprint density at radius 1 is 1.54 bits per heavy atom. The number of hydrogen-bond donors (Lipinski definition) is 3. The number of anilines is 1. The summed E-state index contributed by atoms with van der Waals surface area (Å²) in [5.74, 6) is -1.69. The van der Waals surface area contributed by atoms with Gasteiger partial charge in [-0.05, 0) is 31.4 Å². The van der Waals surface area contributed by atoms with Gasteiger partial charge in [-0.1, -0.05) is 6.92 Å². The SMILES string of the molecule is CC1CC(C(N)=O)N(c2ccc([C@H](O)CO)nc2)C1(C)C(F)(F)F. The summed E-state index contributed by atoms with van der Waals surface area (Å²) in [6.45, 7) is 1.91. The lowest BCUT2D eigenvalue weighted by Crippen LogP contribution is -2.59. The van der Waals surface area contributed by atoms with Gasteiger partial charge in [0.15, 0.2) is 0 Å². The summed E-state index contributed by atoms with van der Waals surface area (Å²) in [5, 5.41) is 18.4. The third-order valence-electron chi connectivity index (χ3n) is 4.81. The molecule has 0 bridgehead atoms. The molecule has 9 heteroatoms. The van der Waals surface area contributed by atoms with Crippen molar-refractivity contribution >= 4 is 11.6 Å². The Morgan fingerprint density at radius 3 is 2.58 bits per heavy atom. The average molecular weight is 347 g/mol. The largest absolute Gasteiger partial charge is 0.411 e. The number of hydrogen-bond acceptors (Lipinski definition) is 5. The Balaban J connectivity index is 2.51. The van der Waals surface area contributed by atoms with E-state index in [-0.39, 0.29) is 17.8 Å². The van der Waals surface area contributed by atoms with E-state index in [0.29, 0.717) is 0 Å². The van der Waals surface area contributed by atoms with Gasteiger partial charge >= 0.3 is 6.18 Å². The third-order valence-corrected chi connectivity index (χ3v) is 4.81. The molecule has 6 nitrogen and oxygen atoms in total. The molecule has 1 saturated heterocycles. The smallest absolute Gasteiger partial charge is 0.393 e. The van der Waals surface area contributed by atoms with Crippen molar-refractivity contribution in [2.24, 2.45) is 11.7 Å². The third kappa shape index (κ3) is 2.82. The zero-order valence-electron chi connectivity index (χ0n) is 13.3. The molecule has 0 saturated carbocycles. The second-order valence-corrected chi connectivity index (χ2v) is 6.21. The maximum atomic E-state index is 13.7. The summed E-state index contributed by atoms with van der Waals surface area (Å²) in [6, 6.07) is 1.54. The molecular formula is C15H20F3N3O3. The number of alkyl halides is 3. The highest BCUT2D eigenvalue weighted by Crippen LogP contribution is 2.50. The van der Waals surface area contributed by atoms with E-state index in [1.807, 2.05) is 0 Å². The zero-order chi connectivity index (χ0) is 18.3. The molecule has 4 atom stereocenters. The van der Waals surface area contributed by atoms with Crippen LogP contribution < -0.4 is 10.6 Å². The molecule has 1 aromatic heterocycles. The predicted octanol–water partition coefficient (Wildman–Crippen LogP) is 1.13. The summed E-state index contributed by atoms with van der Waals surface area (Å²) in [4.78, 5) is 16.5. The summed E-state index contributed by atoms with van der Waals surface area (Å²) in [6.07, 6.45) is -4.68. The molecule has 1 aliphatic rings. The first kappa shape index (κ1) is 18.5. The molecule has 1 amide bonds. The van der Waals surface area contributed by atoms with Crippen LogP contribution in [0.1, 0.15) is 32.1 Å². The second-order valence-electron chi connectivity index (χ2n) is 6.21. The molecule has 3 unspecified atom stereocenters. The summed E-state index contributed by atoms with van der Waals surface area (Å²) < 4.78 is 41.2. The molecule has 0 aromatic carbocycles. The van der Waals surface area contributed by atoms with Gasteiger partial charge in [0.1, 0.15) is 17.7 Å². The topological polar surface area (TPSA) is 99.7 Å². The Kier molecular flexibility index (Phi) is 4.78. The first-order chi connectivity index (χ1) is 11.0. The van der Waals surface area contributed by atoms with Gasteiger partial charge in [-0.15, -0.1) is 0 Å². The van der Waals surface area contributed by atoms with Crippen molar-refractivity contribution in [2.75, 3.05) is 11.5 Å². The maximum Gasteiger partial charge on any atom is 0.411 e. The highest BCUT2D eigenvalue weighted by atomic mass is 19.4. The Labute approximate surface area is 137 Å². The normalized spacial score (nSPS) is 28.9. The molecular weight excluding hydrogens is 327 g/mol. The van der Waals surface area contributed by atoms with Crippen LogP contribution in [-0.4, -0.2) is 45.5 Å². The van der Waals surface area contributed by atoms with E-state index >= 15 is 0 Å². The molecule has 0 spiro atoms. The first-order valence-corrected chi connectivity index (χ1v) is 7.44. The minimum Gasteiger partial charge on any atom is -0.393 e. The van der Waals surface area contributed by atoms with Crippen molar-refractivity contribution in [3.63, 3.8) is 0 Å².